The molecule has 5 rings (SSSR count). The number of ether oxygens (including phenoxy) is 2. The van der Waals surface area contributed by atoms with Crippen LogP contribution in [-0.2, 0) is 11.3 Å². The Bertz CT molecular complexity index is 1450. The van der Waals surface area contributed by atoms with Crippen LogP contribution in [0.3, 0.4) is 0 Å². The molecule has 3 aromatic rings. The van der Waals surface area contributed by atoms with Crippen molar-refractivity contribution < 1.29 is 14.3 Å². The molecule has 0 bridgehead atoms. The molecule has 10 heteroatoms. The SMILES string of the molecule is C=CCN1C(=O)/C(=C\c2c(NCc3ccc4c(c3)OCO4)nc3c(C)cccn3c2=O)SC1=S. The van der Waals surface area contributed by atoms with Gasteiger partial charge in [0.05, 0.1) is 10.5 Å². The molecular weight excluding hydrogens is 472 g/mol. The number of hydrogen-bond donors (Lipinski definition) is 1. The Balaban J connectivity index is 1.56. The fraction of sp³-hybridized carbons (Fsp3) is 0.167. The highest BCUT2D eigenvalue weighted by molar-refractivity contribution is 8.26. The van der Waals surface area contributed by atoms with Gasteiger partial charge in [-0.25, -0.2) is 4.98 Å². The number of thiocarbonyl (C=S) groups is 1. The molecule has 0 unspecified atom stereocenters. The van der Waals surface area contributed by atoms with Gasteiger partial charge in [-0.3, -0.25) is 18.9 Å². The summed E-state index contributed by atoms with van der Waals surface area (Å²) in [5.74, 6) is 1.49. The number of rotatable bonds is 6. The normalized spacial score (nSPS) is 16.0. The Morgan fingerprint density at radius 1 is 1.26 bits per heavy atom. The Labute approximate surface area is 204 Å². The Hall–Kier alpha value is -3.63. The summed E-state index contributed by atoms with van der Waals surface area (Å²) in [5, 5.41) is 3.27. The molecule has 0 radical (unpaired) electrons. The molecule has 8 nitrogen and oxygen atoms in total. The molecule has 2 aliphatic heterocycles. The number of carbonyl (C=O) groups excluding carboxylic acids is 1. The average molecular weight is 493 g/mol. The van der Waals surface area contributed by atoms with Crippen molar-refractivity contribution in [2.75, 3.05) is 18.7 Å². The Morgan fingerprint density at radius 3 is 2.91 bits per heavy atom. The van der Waals surface area contributed by atoms with E-state index in [9.17, 15) is 9.59 Å². The van der Waals surface area contributed by atoms with Gasteiger partial charge >= 0.3 is 0 Å². The fourth-order valence-corrected chi connectivity index (χ4v) is 4.99. The van der Waals surface area contributed by atoms with Crippen molar-refractivity contribution in [2.45, 2.75) is 13.5 Å². The third-order valence-electron chi connectivity index (χ3n) is 5.44. The third kappa shape index (κ3) is 3.95. The number of anilines is 1. The van der Waals surface area contributed by atoms with E-state index in [1.54, 1.807) is 24.4 Å². The maximum absolute atomic E-state index is 13.5. The summed E-state index contributed by atoms with van der Waals surface area (Å²) in [7, 11) is 0. The molecule has 1 aromatic carbocycles. The highest BCUT2D eigenvalue weighted by Crippen LogP contribution is 2.34. The van der Waals surface area contributed by atoms with Gasteiger partial charge < -0.3 is 14.8 Å². The van der Waals surface area contributed by atoms with Crippen molar-refractivity contribution in [1.29, 1.82) is 0 Å². The quantitative estimate of drug-likeness (QED) is 0.317. The molecule has 1 N–H and O–H groups in total. The van der Waals surface area contributed by atoms with Crippen LogP contribution in [0.5, 0.6) is 11.5 Å². The molecule has 1 amide bonds. The molecule has 2 aliphatic rings. The first kappa shape index (κ1) is 22.2. The molecule has 1 fully saturated rings. The lowest BCUT2D eigenvalue weighted by Gasteiger charge is -2.13. The number of benzene rings is 1. The van der Waals surface area contributed by atoms with E-state index in [1.807, 2.05) is 31.2 Å². The molecule has 0 atom stereocenters. The zero-order valence-corrected chi connectivity index (χ0v) is 19.9. The smallest absolute Gasteiger partial charge is 0.267 e. The van der Waals surface area contributed by atoms with Crippen LogP contribution in [-0.4, -0.2) is 37.8 Å². The lowest BCUT2D eigenvalue weighted by atomic mass is 10.2. The first-order chi connectivity index (χ1) is 16.5. The molecular formula is C24H20N4O4S2. The monoisotopic (exact) mass is 492 g/mol. The second kappa shape index (κ2) is 8.96. The van der Waals surface area contributed by atoms with Gasteiger partial charge in [-0.15, -0.1) is 6.58 Å². The van der Waals surface area contributed by atoms with Crippen molar-refractivity contribution in [2.24, 2.45) is 0 Å². The molecule has 2 aromatic heterocycles. The van der Waals surface area contributed by atoms with E-state index in [2.05, 4.69) is 11.9 Å². The lowest BCUT2D eigenvalue weighted by Crippen LogP contribution is -2.28. The molecule has 0 spiro atoms. The average Bonchev–Trinajstić information content (AvgIpc) is 3.40. The summed E-state index contributed by atoms with van der Waals surface area (Å²) < 4.78 is 12.7. The number of pyridine rings is 1. The molecule has 1 saturated heterocycles. The van der Waals surface area contributed by atoms with Crippen LogP contribution < -0.4 is 20.3 Å². The number of aryl methyl sites for hydroxylation is 1. The van der Waals surface area contributed by atoms with Gasteiger partial charge in [0.15, 0.2) is 11.5 Å². The van der Waals surface area contributed by atoms with Gasteiger partial charge in [-0.2, -0.15) is 0 Å². The highest BCUT2D eigenvalue weighted by atomic mass is 32.2. The maximum Gasteiger partial charge on any atom is 0.267 e. The van der Waals surface area contributed by atoms with Crippen LogP contribution in [0.25, 0.3) is 11.7 Å². The minimum absolute atomic E-state index is 0.197. The van der Waals surface area contributed by atoms with Gasteiger partial charge in [0, 0.05) is 19.3 Å². The van der Waals surface area contributed by atoms with Crippen LogP contribution in [0.15, 0.2) is 58.9 Å². The minimum Gasteiger partial charge on any atom is -0.454 e. The summed E-state index contributed by atoms with van der Waals surface area (Å²) in [4.78, 5) is 32.9. The lowest BCUT2D eigenvalue weighted by molar-refractivity contribution is -0.121. The van der Waals surface area contributed by atoms with Crippen LogP contribution >= 0.6 is 24.0 Å². The summed E-state index contributed by atoms with van der Waals surface area (Å²) >= 11 is 6.49. The maximum atomic E-state index is 13.5. The van der Waals surface area contributed by atoms with Crippen molar-refractivity contribution in [1.82, 2.24) is 14.3 Å². The Kier molecular flexibility index (Phi) is 5.84. The second-order valence-electron chi connectivity index (χ2n) is 7.69. The van der Waals surface area contributed by atoms with Crippen LogP contribution in [0, 0.1) is 6.92 Å². The van der Waals surface area contributed by atoms with E-state index in [0.717, 1.165) is 22.9 Å². The van der Waals surface area contributed by atoms with Crippen LogP contribution in [0.1, 0.15) is 16.7 Å². The molecule has 172 valence electrons. The standard InChI is InChI=1S/C24H20N4O4S2/c1-3-8-28-23(30)19(34-24(28)33)11-16-20(26-21-14(2)5-4-9-27(21)22(16)29)25-12-15-6-7-17-18(10-15)32-13-31-17/h3-7,9-11,25H,1,8,12-13H2,2H3/b19-11+. The van der Waals surface area contributed by atoms with Crippen molar-refractivity contribution in [3.63, 3.8) is 0 Å². The van der Waals surface area contributed by atoms with Crippen molar-refractivity contribution >= 4 is 51.7 Å². The van der Waals surface area contributed by atoms with E-state index >= 15 is 0 Å². The molecule has 0 aliphatic carbocycles. The Morgan fingerprint density at radius 2 is 2.09 bits per heavy atom. The van der Waals surface area contributed by atoms with E-state index in [4.69, 9.17) is 26.7 Å². The van der Waals surface area contributed by atoms with E-state index in [1.165, 1.54) is 9.30 Å². The van der Waals surface area contributed by atoms with Gasteiger partial charge in [-0.1, -0.05) is 42.2 Å². The zero-order valence-electron chi connectivity index (χ0n) is 18.2. The summed E-state index contributed by atoms with van der Waals surface area (Å²) in [6.07, 6.45) is 4.84. The van der Waals surface area contributed by atoms with Crippen LogP contribution in [0.2, 0.25) is 0 Å². The summed E-state index contributed by atoms with van der Waals surface area (Å²) in [6.45, 7) is 6.47. The third-order valence-corrected chi connectivity index (χ3v) is 6.82. The molecule has 34 heavy (non-hydrogen) atoms. The number of aromatic nitrogens is 2. The zero-order chi connectivity index (χ0) is 23.8. The van der Waals surface area contributed by atoms with E-state index in [0.29, 0.717) is 45.3 Å². The predicted molar refractivity (Wildman–Crippen MR) is 136 cm³/mol. The molecule has 4 heterocycles. The van der Waals surface area contributed by atoms with Gasteiger partial charge in [-0.05, 0) is 42.3 Å². The van der Waals surface area contributed by atoms with Crippen LogP contribution in [0.4, 0.5) is 5.82 Å². The van der Waals surface area contributed by atoms with E-state index < -0.39 is 0 Å². The van der Waals surface area contributed by atoms with Crippen molar-refractivity contribution in [3.05, 3.63) is 81.1 Å². The van der Waals surface area contributed by atoms with Gasteiger partial charge in [0.25, 0.3) is 11.5 Å². The minimum atomic E-state index is -0.282. The number of hydrogen-bond acceptors (Lipinski definition) is 8. The highest BCUT2D eigenvalue weighted by Gasteiger charge is 2.31. The summed E-state index contributed by atoms with van der Waals surface area (Å²) in [5.41, 5.74) is 2.32. The van der Waals surface area contributed by atoms with Gasteiger partial charge in [0.2, 0.25) is 6.79 Å². The fourth-order valence-electron chi connectivity index (χ4n) is 3.73. The first-order valence-electron chi connectivity index (χ1n) is 10.5. The number of amides is 1. The van der Waals surface area contributed by atoms with Crippen molar-refractivity contribution in [3.8, 4) is 11.5 Å². The molecule has 0 saturated carbocycles. The number of thioether (sulfide) groups is 1. The number of nitrogens with one attached hydrogen (secondary N) is 1. The number of carbonyl (C=O) groups is 1. The number of nitrogens with zero attached hydrogens (tertiary/aromatic N) is 3. The number of fused-ring (bicyclic) bond motifs is 2. The van der Waals surface area contributed by atoms with Gasteiger partial charge in [0.1, 0.15) is 15.8 Å². The predicted octanol–water partition coefficient (Wildman–Crippen LogP) is 3.73. The largest absolute Gasteiger partial charge is 0.454 e. The van der Waals surface area contributed by atoms with E-state index in [-0.39, 0.29) is 23.8 Å². The second-order valence-corrected chi connectivity index (χ2v) is 9.36. The first-order valence-corrected chi connectivity index (χ1v) is 11.7. The summed E-state index contributed by atoms with van der Waals surface area (Å²) in [6, 6.07) is 9.33. The topological polar surface area (TPSA) is 85.2 Å².